The lowest BCUT2D eigenvalue weighted by Gasteiger charge is -2.15. The van der Waals surface area contributed by atoms with Crippen molar-refractivity contribution < 1.29 is 19.0 Å². The van der Waals surface area contributed by atoms with E-state index in [0.29, 0.717) is 70.4 Å². The van der Waals surface area contributed by atoms with Crippen LogP contribution in [0.2, 0.25) is 0 Å². The van der Waals surface area contributed by atoms with Gasteiger partial charge >= 0.3 is 0 Å². The van der Waals surface area contributed by atoms with Crippen LogP contribution in [0, 0.1) is 0 Å². The summed E-state index contributed by atoms with van der Waals surface area (Å²) in [6, 6.07) is 13.6. The van der Waals surface area contributed by atoms with Gasteiger partial charge in [-0.3, -0.25) is 4.79 Å². The molecule has 1 heterocycles. The summed E-state index contributed by atoms with van der Waals surface area (Å²) < 4.78 is 16.5. The van der Waals surface area contributed by atoms with Gasteiger partial charge in [-0.2, -0.15) is 0 Å². The Morgan fingerprint density at radius 1 is 0.947 bits per heavy atom. The van der Waals surface area contributed by atoms with Crippen LogP contribution < -0.4 is 10.6 Å². The van der Waals surface area contributed by atoms with E-state index in [1.54, 1.807) is 0 Å². The fourth-order valence-corrected chi connectivity index (χ4v) is 3.92. The van der Waals surface area contributed by atoms with Crippen molar-refractivity contribution in [1.82, 2.24) is 15.2 Å². The van der Waals surface area contributed by atoms with Crippen LogP contribution in [0.25, 0.3) is 32.2 Å². The molecule has 0 aliphatic rings. The summed E-state index contributed by atoms with van der Waals surface area (Å²) in [5.74, 6) is -0.118. The number of amides is 1. The van der Waals surface area contributed by atoms with E-state index in [9.17, 15) is 4.79 Å². The van der Waals surface area contributed by atoms with E-state index < -0.39 is 0 Å². The molecule has 1 aromatic heterocycles. The lowest BCUT2D eigenvalue weighted by atomic mass is 10.0. The Kier molecular flexibility index (Phi) is 12.5. The Balaban J connectivity index is 1.55. The number of para-hydroxylation sites is 2. The van der Waals surface area contributed by atoms with Crippen LogP contribution in [0.4, 0.5) is 5.69 Å². The van der Waals surface area contributed by atoms with Crippen molar-refractivity contribution in [3.05, 3.63) is 58.5 Å². The molecule has 0 aliphatic carbocycles. The average molecular weight is 524 g/mol. The maximum absolute atomic E-state index is 13.0. The number of benzene rings is 2. The van der Waals surface area contributed by atoms with Crippen LogP contribution in [0.1, 0.15) is 16.8 Å². The molecule has 0 saturated carbocycles. The number of hydrogen-bond acceptors (Lipinski definition) is 8. The third-order valence-corrected chi connectivity index (χ3v) is 5.71. The topological polar surface area (TPSA) is 134 Å². The van der Waals surface area contributed by atoms with Gasteiger partial charge in [0.2, 0.25) is 0 Å². The van der Waals surface area contributed by atoms with Gasteiger partial charge in [0.15, 0.2) is 0 Å². The first-order valence-electron chi connectivity index (χ1n) is 12.8. The predicted molar refractivity (Wildman–Crippen MR) is 150 cm³/mol. The first-order valence-corrected chi connectivity index (χ1v) is 12.8. The highest BCUT2D eigenvalue weighted by atomic mass is 16.5. The Bertz CT molecular complexity index is 1210. The van der Waals surface area contributed by atoms with E-state index in [0.717, 1.165) is 34.9 Å². The molecule has 2 aromatic carbocycles. The summed E-state index contributed by atoms with van der Waals surface area (Å²) >= 11 is 0. The number of fused-ring (bicyclic) bond motifs is 2. The first kappa shape index (κ1) is 29.1. The van der Waals surface area contributed by atoms with Crippen molar-refractivity contribution >= 4 is 33.4 Å². The molecule has 2 N–H and O–H groups in total. The van der Waals surface area contributed by atoms with Crippen LogP contribution >= 0.6 is 0 Å². The maximum Gasteiger partial charge on any atom is 0.253 e. The Morgan fingerprint density at radius 3 is 2.42 bits per heavy atom. The molecule has 38 heavy (non-hydrogen) atoms. The normalized spacial score (nSPS) is 11.1. The van der Waals surface area contributed by atoms with Crippen molar-refractivity contribution in [2.75, 3.05) is 85.2 Å². The lowest BCUT2D eigenvalue weighted by Crippen LogP contribution is -2.27. The largest absolute Gasteiger partial charge is 0.382 e. The van der Waals surface area contributed by atoms with Gasteiger partial charge in [-0.15, -0.1) is 0 Å². The second-order valence-electron chi connectivity index (χ2n) is 8.84. The molecule has 0 aliphatic heterocycles. The number of carbonyl (C=O) groups is 1. The number of anilines is 1. The van der Waals surface area contributed by atoms with Crippen molar-refractivity contribution in [2.45, 2.75) is 6.42 Å². The van der Waals surface area contributed by atoms with E-state index in [1.165, 1.54) is 0 Å². The highest BCUT2D eigenvalue weighted by Gasteiger charge is 2.15. The minimum atomic E-state index is -0.118. The number of azide groups is 1. The fourth-order valence-electron chi connectivity index (χ4n) is 3.92. The molecular formula is C27H37N7O4. The molecule has 1 amide bonds. The summed E-state index contributed by atoms with van der Waals surface area (Å²) in [4.78, 5) is 22.6. The van der Waals surface area contributed by atoms with E-state index >= 15 is 0 Å². The number of carbonyl (C=O) groups excluding carboxylic acids is 1. The van der Waals surface area contributed by atoms with Crippen LogP contribution in [0.5, 0.6) is 0 Å². The SMILES string of the molecule is CN(C)CCCNC(=O)c1cccc2c(NCCOCCOCCOCCN=[N+]=[N-])c3ccccc3nc12. The zero-order valence-electron chi connectivity index (χ0n) is 22.2. The molecule has 3 rings (SSSR count). The van der Waals surface area contributed by atoms with Crippen LogP contribution in [0.15, 0.2) is 47.6 Å². The minimum absolute atomic E-state index is 0.118. The molecule has 0 spiro atoms. The predicted octanol–water partition coefficient (Wildman–Crippen LogP) is 3.84. The van der Waals surface area contributed by atoms with E-state index in [1.807, 2.05) is 56.6 Å². The Morgan fingerprint density at radius 2 is 1.66 bits per heavy atom. The summed E-state index contributed by atoms with van der Waals surface area (Å²) in [5, 5.41) is 11.8. The summed E-state index contributed by atoms with van der Waals surface area (Å²) in [7, 11) is 4.04. The number of ether oxygens (including phenoxy) is 3. The van der Waals surface area contributed by atoms with E-state index in [-0.39, 0.29) is 5.91 Å². The molecule has 11 nitrogen and oxygen atoms in total. The third-order valence-electron chi connectivity index (χ3n) is 5.71. The summed E-state index contributed by atoms with van der Waals surface area (Å²) in [5.41, 5.74) is 11.2. The van der Waals surface area contributed by atoms with Gasteiger partial charge in [-0.25, -0.2) is 4.98 Å². The summed E-state index contributed by atoms with van der Waals surface area (Å²) in [6.45, 7) is 5.15. The zero-order chi connectivity index (χ0) is 27.0. The van der Waals surface area contributed by atoms with Crippen LogP contribution in [-0.2, 0) is 14.2 Å². The molecule has 0 fully saturated rings. The smallest absolute Gasteiger partial charge is 0.253 e. The molecule has 0 radical (unpaired) electrons. The monoisotopic (exact) mass is 523 g/mol. The second kappa shape index (κ2) is 16.4. The Hall–Kier alpha value is -3.47. The molecular weight excluding hydrogens is 486 g/mol. The number of aromatic nitrogens is 1. The summed E-state index contributed by atoms with van der Waals surface area (Å²) in [6.07, 6.45) is 0.879. The fraction of sp³-hybridized carbons (Fsp3) is 0.481. The van der Waals surface area contributed by atoms with Gasteiger partial charge in [0.05, 0.1) is 61.9 Å². The highest BCUT2D eigenvalue weighted by molar-refractivity contribution is 6.14. The number of rotatable bonds is 18. The maximum atomic E-state index is 13.0. The van der Waals surface area contributed by atoms with Crippen molar-refractivity contribution in [1.29, 1.82) is 0 Å². The Labute approximate surface area is 223 Å². The number of pyridine rings is 1. The second-order valence-corrected chi connectivity index (χ2v) is 8.84. The zero-order valence-corrected chi connectivity index (χ0v) is 22.2. The molecule has 3 aromatic rings. The van der Waals surface area contributed by atoms with E-state index in [2.05, 4.69) is 25.6 Å². The molecule has 11 heteroatoms. The standard InChI is InChI=1S/C27H37N7O4/c1-34(2)14-6-11-30-27(35)23-9-5-8-22-25(21-7-3-4-10-24(21)32-26(22)23)29-12-15-36-17-19-38-20-18-37-16-13-31-33-28/h3-5,7-10H,6,11-20H2,1-2H3,(H,29,32)(H,30,35). The number of nitrogens with one attached hydrogen (secondary N) is 2. The lowest BCUT2D eigenvalue weighted by molar-refractivity contribution is 0.0179. The number of hydrogen-bond donors (Lipinski definition) is 2. The van der Waals surface area contributed by atoms with Gasteiger partial charge in [-0.05, 0) is 44.7 Å². The van der Waals surface area contributed by atoms with Crippen LogP contribution in [0.3, 0.4) is 0 Å². The van der Waals surface area contributed by atoms with E-state index in [4.69, 9.17) is 24.7 Å². The van der Waals surface area contributed by atoms with Crippen LogP contribution in [-0.4, -0.2) is 95.7 Å². The highest BCUT2D eigenvalue weighted by Crippen LogP contribution is 2.32. The first-order chi connectivity index (χ1) is 18.6. The van der Waals surface area contributed by atoms with Gasteiger partial charge in [-0.1, -0.05) is 35.4 Å². The van der Waals surface area contributed by atoms with Crippen molar-refractivity contribution in [3.63, 3.8) is 0 Å². The van der Waals surface area contributed by atoms with Crippen molar-refractivity contribution in [2.24, 2.45) is 5.11 Å². The number of nitrogens with zero attached hydrogens (tertiary/aromatic N) is 5. The van der Waals surface area contributed by atoms with Gasteiger partial charge in [0.25, 0.3) is 5.91 Å². The van der Waals surface area contributed by atoms with Gasteiger partial charge < -0.3 is 29.7 Å². The van der Waals surface area contributed by atoms with Gasteiger partial charge in [0.1, 0.15) is 0 Å². The minimum Gasteiger partial charge on any atom is -0.382 e. The van der Waals surface area contributed by atoms with Crippen molar-refractivity contribution in [3.8, 4) is 0 Å². The quantitative estimate of drug-likeness (QED) is 0.0850. The molecule has 0 unspecified atom stereocenters. The average Bonchev–Trinajstić information content (AvgIpc) is 2.92. The molecule has 0 bridgehead atoms. The third kappa shape index (κ3) is 9.13. The van der Waals surface area contributed by atoms with Gasteiger partial charge in [0, 0.05) is 35.3 Å². The molecule has 0 saturated heterocycles. The molecule has 0 atom stereocenters. The molecule has 204 valence electrons.